The summed E-state index contributed by atoms with van der Waals surface area (Å²) in [5, 5.41) is 9.83. The molecule has 0 aromatic heterocycles. The van der Waals surface area contributed by atoms with Crippen LogP contribution in [0, 0.1) is 0 Å². The minimum Gasteiger partial charge on any atom is -0.502 e. The van der Waals surface area contributed by atoms with Crippen LogP contribution in [0.4, 0.5) is 0 Å². The Kier molecular flexibility index (Phi) is 7.38. The summed E-state index contributed by atoms with van der Waals surface area (Å²) in [4.78, 5) is 0. The van der Waals surface area contributed by atoms with Crippen LogP contribution in [0.3, 0.4) is 0 Å². The van der Waals surface area contributed by atoms with Crippen molar-refractivity contribution in [1.82, 2.24) is 16.0 Å². The minimum absolute atomic E-state index is 0.0398. The van der Waals surface area contributed by atoms with E-state index < -0.39 is 0 Å². The molecule has 0 aliphatic heterocycles. The third-order valence-electron chi connectivity index (χ3n) is 2.87. The Balaban J connectivity index is 4.00. The van der Waals surface area contributed by atoms with E-state index >= 15 is 0 Å². The molecule has 0 spiro atoms. The molecule has 0 amide bonds. The fourth-order valence-corrected chi connectivity index (χ4v) is 1.46. The monoisotopic (exact) mass is 215 g/mol. The van der Waals surface area contributed by atoms with E-state index in [1.807, 2.05) is 21.1 Å². The van der Waals surface area contributed by atoms with Gasteiger partial charge in [0.15, 0.2) is 0 Å². The van der Waals surface area contributed by atoms with Gasteiger partial charge in [0.05, 0.1) is 18.5 Å². The van der Waals surface area contributed by atoms with Gasteiger partial charge >= 0.3 is 0 Å². The van der Waals surface area contributed by atoms with E-state index in [9.17, 15) is 0 Å². The summed E-state index contributed by atoms with van der Waals surface area (Å²) in [7, 11) is 5.90. The second kappa shape index (κ2) is 7.68. The maximum absolute atomic E-state index is 5.13. The first kappa shape index (κ1) is 14.4. The zero-order valence-electron chi connectivity index (χ0n) is 10.4. The lowest BCUT2D eigenvalue weighted by atomic mass is 10.00. The standard InChI is InChI=1S/C11H25N3O/c1-6-15-8-7-10(12-3)9-11(2,13-4)14-5/h6,10,12-14H,1,7-9H2,2-5H3. The van der Waals surface area contributed by atoms with Crippen LogP contribution in [0.5, 0.6) is 0 Å². The van der Waals surface area contributed by atoms with Crippen LogP contribution in [0.25, 0.3) is 0 Å². The van der Waals surface area contributed by atoms with Crippen LogP contribution < -0.4 is 16.0 Å². The Morgan fingerprint density at radius 1 is 1.33 bits per heavy atom. The lowest BCUT2D eigenvalue weighted by Crippen LogP contribution is -2.54. The number of nitrogens with one attached hydrogen (secondary N) is 3. The third-order valence-corrected chi connectivity index (χ3v) is 2.87. The maximum atomic E-state index is 5.13. The molecule has 0 fully saturated rings. The number of ether oxygens (including phenoxy) is 1. The summed E-state index contributed by atoms with van der Waals surface area (Å²) >= 11 is 0. The highest BCUT2D eigenvalue weighted by molar-refractivity contribution is 4.83. The van der Waals surface area contributed by atoms with Crippen molar-refractivity contribution in [2.45, 2.75) is 31.5 Å². The Bertz CT molecular complexity index is 169. The van der Waals surface area contributed by atoms with Crippen LogP contribution in [0.15, 0.2) is 12.8 Å². The number of rotatable bonds is 9. The molecule has 15 heavy (non-hydrogen) atoms. The summed E-state index contributed by atoms with van der Waals surface area (Å²) < 4.78 is 5.13. The predicted octanol–water partition coefficient (Wildman–Crippen LogP) is 0.670. The van der Waals surface area contributed by atoms with Gasteiger partial charge in [0.1, 0.15) is 0 Å². The molecule has 4 nitrogen and oxygen atoms in total. The summed E-state index contributed by atoms with van der Waals surface area (Å²) in [6.07, 6.45) is 3.46. The van der Waals surface area contributed by atoms with Crippen LogP contribution in [-0.4, -0.2) is 39.5 Å². The van der Waals surface area contributed by atoms with E-state index in [4.69, 9.17) is 4.74 Å². The highest BCUT2D eigenvalue weighted by Gasteiger charge is 2.23. The third kappa shape index (κ3) is 5.77. The van der Waals surface area contributed by atoms with Crippen molar-refractivity contribution < 1.29 is 4.74 Å². The largest absolute Gasteiger partial charge is 0.502 e. The molecule has 0 aliphatic carbocycles. The van der Waals surface area contributed by atoms with Crippen molar-refractivity contribution in [1.29, 1.82) is 0 Å². The Hall–Kier alpha value is -0.580. The van der Waals surface area contributed by atoms with Crippen LogP contribution in [0.2, 0.25) is 0 Å². The second-order valence-electron chi connectivity index (χ2n) is 3.85. The van der Waals surface area contributed by atoms with Crippen molar-refractivity contribution in [3.05, 3.63) is 12.8 Å². The summed E-state index contributed by atoms with van der Waals surface area (Å²) in [5.74, 6) is 0. The SMILES string of the molecule is C=COCCC(CC(C)(NC)NC)NC. The molecular weight excluding hydrogens is 190 g/mol. The minimum atomic E-state index is -0.0398. The molecule has 0 saturated carbocycles. The van der Waals surface area contributed by atoms with Crippen molar-refractivity contribution in [3.8, 4) is 0 Å². The van der Waals surface area contributed by atoms with E-state index in [0.29, 0.717) is 12.6 Å². The Labute approximate surface area is 93.5 Å². The van der Waals surface area contributed by atoms with E-state index in [1.54, 1.807) is 0 Å². The normalized spacial score (nSPS) is 13.6. The quantitative estimate of drug-likeness (QED) is 0.300. The van der Waals surface area contributed by atoms with Gasteiger partial charge in [-0.3, -0.25) is 0 Å². The fourth-order valence-electron chi connectivity index (χ4n) is 1.46. The highest BCUT2D eigenvalue weighted by atomic mass is 16.5. The van der Waals surface area contributed by atoms with Crippen LogP contribution in [-0.2, 0) is 4.74 Å². The molecule has 0 aliphatic rings. The van der Waals surface area contributed by atoms with Crippen molar-refractivity contribution in [3.63, 3.8) is 0 Å². The lowest BCUT2D eigenvalue weighted by Gasteiger charge is -2.32. The molecule has 0 aromatic carbocycles. The van der Waals surface area contributed by atoms with Gasteiger partial charge < -0.3 is 20.7 Å². The summed E-state index contributed by atoms with van der Waals surface area (Å²) in [5.41, 5.74) is -0.0398. The Morgan fingerprint density at radius 3 is 2.33 bits per heavy atom. The molecule has 0 saturated heterocycles. The van der Waals surface area contributed by atoms with Gasteiger partial charge in [-0.2, -0.15) is 0 Å². The van der Waals surface area contributed by atoms with E-state index in [0.717, 1.165) is 12.8 Å². The number of hydrogen-bond donors (Lipinski definition) is 3. The average molecular weight is 215 g/mol. The van der Waals surface area contributed by atoms with Crippen molar-refractivity contribution in [2.75, 3.05) is 27.7 Å². The van der Waals surface area contributed by atoms with Gasteiger partial charge in [-0.05, 0) is 40.9 Å². The lowest BCUT2D eigenvalue weighted by molar-refractivity contribution is 0.204. The van der Waals surface area contributed by atoms with E-state index in [2.05, 4.69) is 29.5 Å². The fraction of sp³-hybridized carbons (Fsp3) is 0.818. The molecule has 4 heteroatoms. The molecule has 0 heterocycles. The summed E-state index contributed by atoms with van der Waals surface area (Å²) in [6, 6.07) is 0.426. The first-order chi connectivity index (χ1) is 7.11. The van der Waals surface area contributed by atoms with Crippen molar-refractivity contribution >= 4 is 0 Å². The molecule has 0 radical (unpaired) electrons. The van der Waals surface area contributed by atoms with Crippen molar-refractivity contribution in [2.24, 2.45) is 0 Å². The second-order valence-corrected chi connectivity index (χ2v) is 3.85. The van der Waals surface area contributed by atoms with Gasteiger partial charge in [0, 0.05) is 6.04 Å². The zero-order chi connectivity index (χ0) is 11.7. The molecule has 0 rings (SSSR count). The smallest absolute Gasteiger partial charge is 0.0887 e. The molecule has 3 N–H and O–H groups in total. The highest BCUT2D eigenvalue weighted by Crippen LogP contribution is 2.10. The van der Waals surface area contributed by atoms with E-state index in [-0.39, 0.29) is 5.66 Å². The van der Waals surface area contributed by atoms with Gasteiger partial charge in [-0.25, -0.2) is 0 Å². The first-order valence-electron chi connectivity index (χ1n) is 5.39. The average Bonchev–Trinajstić information content (AvgIpc) is 2.27. The molecule has 1 atom stereocenters. The van der Waals surface area contributed by atoms with Gasteiger partial charge in [0.2, 0.25) is 0 Å². The van der Waals surface area contributed by atoms with E-state index in [1.165, 1.54) is 6.26 Å². The molecule has 1 unspecified atom stereocenters. The van der Waals surface area contributed by atoms with Crippen LogP contribution >= 0.6 is 0 Å². The first-order valence-corrected chi connectivity index (χ1v) is 5.39. The maximum Gasteiger partial charge on any atom is 0.0887 e. The Morgan fingerprint density at radius 2 is 1.93 bits per heavy atom. The summed E-state index contributed by atoms with van der Waals surface area (Å²) in [6.45, 7) is 6.37. The topological polar surface area (TPSA) is 45.3 Å². The molecular formula is C11H25N3O. The van der Waals surface area contributed by atoms with Gasteiger partial charge in [0.25, 0.3) is 0 Å². The molecule has 90 valence electrons. The molecule has 0 bridgehead atoms. The van der Waals surface area contributed by atoms with Crippen LogP contribution in [0.1, 0.15) is 19.8 Å². The molecule has 0 aromatic rings. The van der Waals surface area contributed by atoms with Gasteiger partial charge in [-0.15, -0.1) is 0 Å². The zero-order valence-corrected chi connectivity index (χ0v) is 10.4. The number of hydrogen-bond acceptors (Lipinski definition) is 4. The predicted molar refractivity (Wildman–Crippen MR) is 64.8 cm³/mol. The van der Waals surface area contributed by atoms with Gasteiger partial charge in [-0.1, -0.05) is 6.58 Å².